The number of hydrogen-bond acceptors (Lipinski definition) is 1. The van der Waals surface area contributed by atoms with Crippen LogP contribution in [-0.2, 0) is 0 Å². The van der Waals surface area contributed by atoms with Crippen LogP contribution < -0.4 is 0 Å². The van der Waals surface area contributed by atoms with Crippen LogP contribution in [-0.4, -0.2) is 5.11 Å². The highest BCUT2D eigenvalue weighted by molar-refractivity contribution is 14.1. The Kier molecular flexibility index (Phi) is 9.33. The molecule has 0 radical (unpaired) electrons. The van der Waals surface area contributed by atoms with Gasteiger partial charge in [0.1, 0.15) is 0 Å². The Bertz CT molecular complexity index is 368. The minimum Gasteiger partial charge on any atom is -0.388 e. The Morgan fingerprint density at radius 2 is 1.74 bits per heavy atom. The molecule has 1 rings (SSSR count). The van der Waals surface area contributed by atoms with Crippen molar-refractivity contribution < 1.29 is 5.11 Å². The lowest BCUT2D eigenvalue weighted by Crippen LogP contribution is -2.00. The molecule has 1 atom stereocenters. The molecule has 0 saturated heterocycles. The van der Waals surface area contributed by atoms with Crippen molar-refractivity contribution in [2.45, 2.75) is 64.4 Å². The molecule has 0 saturated carbocycles. The molecular weight excluding hydrogens is 415 g/mol. The summed E-state index contributed by atoms with van der Waals surface area (Å²) in [6.45, 7) is 2.25. The monoisotopic (exact) mass is 438 g/mol. The number of aliphatic hydroxyl groups is 1. The Morgan fingerprint density at radius 1 is 1.11 bits per heavy atom. The van der Waals surface area contributed by atoms with Crippen LogP contribution in [0.25, 0.3) is 0 Å². The van der Waals surface area contributed by atoms with Gasteiger partial charge in [-0.3, -0.25) is 0 Å². The van der Waals surface area contributed by atoms with Crippen LogP contribution in [0.1, 0.15) is 70.0 Å². The zero-order valence-corrected chi connectivity index (χ0v) is 15.4. The van der Waals surface area contributed by atoms with E-state index in [1.165, 1.54) is 38.5 Å². The van der Waals surface area contributed by atoms with Gasteiger partial charge in [0.05, 0.1) is 6.10 Å². The van der Waals surface area contributed by atoms with Crippen LogP contribution in [0.5, 0.6) is 0 Å². The molecule has 1 nitrogen and oxygen atoms in total. The summed E-state index contributed by atoms with van der Waals surface area (Å²) < 4.78 is 2.19. The minimum absolute atomic E-state index is 0.319. The third-order valence-corrected chi connectivity index (χ3v) is 4.87. The highest BCUT2D eigenvalue weighted by atomic mass is 127. The summed E-state index contributed by atoms with van der Waals surface area (Å²) >= 11 is 5.76. The molecule has 1 aromatic carbocycles. The van der Waals surface area contributed by atoms with Gasteiger partial charge >= 0.3 is 0 Å². The molecule has 0 aliphatic rings. The molecule has 19 heavy (non-hydrogen) atoms. The van der Waals surface area contributed by atoms with E-state index in [1.54, 1.807) is 0 Å². The standard InChI is InChI=1S/C16H24BrIO/c1-2-3-4-5-6-7-8-9-16(19)14-12-13(17)10-11-15(14)18/h10-12,16,19H,2-9H2,1H3. The van der Waals surface area contributed by atoms with Crippen LogP contribution in [0.3, 0.4) is 0 Å². The number of aliphatic hydroxyl groups excluding tert-OH is 1. The molecule has 1 N–H and O–H groups in total. The van der Waals surface area contributed by atoms with Crippen molar-refractivity contribution in [3.8, 4) is 0 Å². The van der Waals surface area contributed by atoms with Crippen LogP contribution in [0.15, 0.2) is 22.7 Å². The molecule has 0 aliphatic carbocycles. The molecule has 0 spiro atoms. The van der Waals surface area contributed by atoms with Crippen molar-refractivity contribution in [2.75, 3.05) is 0 Å². The molecule has 0 heterocycles. The van der Waals surface area contributed by atoms with E-state index in [1.807, 2.05) is 18.2 Å². The fourth-order valence-corrected chi connectivity index (χ4v) is 3.29. The van der Waals surface area contributed by atoms with E-state index in [4.69, 9.17) is 0 Å². The number of benzene rings is 1. The van der Waals surface area contributed by atoms with Gasteiger partial charge in [0.25, 0.3) is 0 Å². The topological polar surface area (TPSA) is 20.2 Å². The number of rotatable bonds is 9. The third kappa shape index (κ3) is 7.09. The molecule has 0 fully saturated rings. The Hall–Kier alpha value is 0.390. The summed E-state index contributed by atoms with van der Waals surface area (Å²) in [5.41, 5.74) is 1.06. The van der Waals surface area contributed by atoms with Crippen LogP contribution in [0.2, 0.25) is 0 Å². The van der Waals surface area contributed by atoms with Gasteiger partial charge in [-0.1, -0.05) is 67.8 Å². The summed E-state index contributed by atoms with van der Waals surface area (Å²) in [7, 11) is 0. The maximum Gasteiger partial charge on any atom is 0.0800 e. The highest BCUT2D eigenvalue weighted by Crippen LogP contribution is 2.27. The van der Waals surface area contributed by atoms with Crippen molar-refractivity contribution >= 4 is 38.5 Å². The van der Waals surface area contributed by atoms with Gasteiger partial charge in [0.15, 0.2) is 0 Å². The summed E-state index contributed by atoms with van der Waals surface area (Å²) in [6, 6.07) is 6.10. The molecule has 0 aliphatic heterocycles. The average Bonchev–Trinajstić information content (AvgIpc) is 2.40. The fraction of sp³-hybridized carbons (Fsp3) is 0.625. The molecular formula is C16H24BrIO. The normalized spacial score (nSPS) is 12.6. The quantitative estimate of drug-likeness (QED) is 0.358. The van der Waals surface area contributed by atoms with E-state index in [2.05, 4.69) is 45.4 Å². The summed E-state index contributed by atoms with van der Waals surface area (Å²) in [5, 5.41) is 10.2. The van der Waals surface area contributed by atoms with Gasteiger partial charge in [-0.05, 0) is 52.8 Å². The largest absolute Gasteiger partial charge is 0.388 e. The van der Waals surface area contributed by atoms with E-state index in [0.717, 1.165) is 26.4 Å². The predicted molar refractivity (Wildman–Crippen MR) is 94.4 cm³/mol. The van der Waals surface area contributed by atoms with E-state index in [-0.39, 0.29) is 6.10 Å². The third-order valence-electron chi connectivity index (χ3n) is 3.40. The predicted octanol–water partition coefficient (Wildman–Crippen LogP) is 6.23. The van der Waals surface area contributed by atoms with Gasteiger partial charge in [0, 0.05) is 8.04 Å². The van der Waals surface area contributed by atoms with Crippen molar-refractivity contribution in [1.29, 1.82) is 0 Å². The highest BCUT2D eigenvalue weighted by Gasteiger charge is 2.11. The van der Waals surface area contributed by atoms with Gasteiger partial charge in [-0.25, -0.2) is 0 Å². The number of hydrogen-bond donors (Lipinski definition) is 1. The SMILES string of the molecule is CCCCCCCCCC(O)c1cc(Br)ccc1I. The first-order valence-corrected chi connectivity index (χ1v) is 9.15. The fourth-order valence-electron chi connectivity index (χ4n) is 2.22. The van der Waals surface area contributed by atoms with Crippen molar-refractivity contribution in [1.82, 2.24) is 0 Å². The number of halogens is 2. The first kappa shape index (κ1) is 17.4. The van der Waals surface area contributed by atoms with Gasteiger partial charge in [-0.15, -0.1) is 0 Å². The van der Waals surface area contributed by atoms with E-state index < -0.39 is 0 Å². The summed E-state index contributed by atoms with van der Waals surface area (Å²) in [5.74, 6) is 0. The smallest absolute Gasteiger partial charge is 0.0800 e. The first-order chi connectivity index (χ1) is 9.15. The number of unbranched alkanes of at least 4 members (excludes halogenated alkanes) is 6. The van der Waals surface area contributed by atoms with E-state index in [9.17, 15) is 5.11 Å². The Balaban J connectivity index is 2.23. The first-order valence-electron chi connectivity index (χ1n) is 7.28. The summed E-state index contributed by atoms with van der Waals surface area (Å²) in [6.07, 6.45) is 9.60. The lowest BCUT2D eigenvalue weighted by atomic mass is 10.0. The molecule has 3 heteroatoms. The van der Waals surface area contributed by atoms with E-state index in [0.29, 0.717) is 0 Å². The molecule has 0 aromatic heterocycles. The van der Waals surface area contributed by atoms with Gasteiger partial charge in [-0.2, -0.15) is 0 Å². The van der Waals surface area contributed by atoms with Crippen LogP contribution >= 0.6 is 38.5 Å². The van der Waals surface area contributed by atoms with Crippen molar-refractivity contribution in [3.63, 3.8) is 0 Å². The maximum atomic E-state index is 10.2. The molecule has 1 unspecified atom stereocenters. The van der Waals surface area contributed by atoms with Gasteiger partial charge in [0.2, 0.25) is 0 Å². The zero-order chi connectivity index (χ0) is 14.1. The molecule has 0 bridgehead atoms. The molecule has 108 valence electrons. The van der Waals surface area contributed by atoms with Crippen LogP contribution in [0, 0.1) is 3.57 Å². The van der Waals surface area contributed by atoms with Crippen LogP contribution in [0.4, 0.5) is 0 Å². The lowest BCUT2D eigenvalue weighted by Gasteiger charge is -2.13. The zero-order valence-electron chi connectivity index (χ0n) is 11.7. The summed E-state index contributed by atoms with van der Waals surface area (Å²) in [4.78, 5) is 0. The molecule has 0 amide bonds. The second-order valence-corrected chi connectivity index (χ2v) is 7.17. The van der Waals surface area contributed by atoms with Gasteiger partial charge < -0.3 is 5.11 Å². The molecule has 1 aromatic rings. The Morgan fingerprint density at radius 3 is 2.42 bits per heavy atom. The van der Waals surface area contributed by atoms with E-state index >= 15 is 0 Å². The second-order valence-electron chi connectivity index (χ2n) is 5.09. The van der Waals surface area contributed by atoms with Crippen molar-refractivity contribution in [3.05, 3.63) is 31.8 Å². The average molecular weight is 439 g/mol. The maximum absolute atomic E-state index is 10.2. The minimum atomic E-state index is -0.319. The second kappa shape index (κ2) is 10.2. The van der Waals surface area contributed by atoms with Crippen molar-refractivity contribution in [2.24, 2.45) is 0 Å². The Labute approximate surface area is 139 Å². The lowest BCUT2D eigenvalue weighted by molar-refractivity contribution is 0.162.